The Labute approximate surface area is 135 Å². The van der Waals surface area contributed by atoms with Gasteiger partial charge in [-0.2, -0.15) is 0 Å². The molecule has 1 aliphatic rings. The number of hydrogen-bond donors (Lipinski definition) is 0. The molecule has 3 rings (SSSR count). The Hall–Kier alpha value is -2.56. The first-order valence-corrected chi connectivity index (χ1v) is 7.79. The minimum atomic E-state index is -0.0406. The van der Waals surface area contributed by atoms with E-state index in [2.05, 4.69) is 0 Å². The van der Waals surface area contributed by atoms with Crippen molar-refractivity contribution in [3.63, 3.8) is 0 Å². The molecular formula is C18H20N2O3. The van der Waals surface area contributed by atoms with Gasteiger partial charge in [-0.05, 0) is 11.5 Å². The Morgan fingerprint density at radius 3 is 2.35 bits per heavy atom. The summed E-state index contributed by atoms with van der Waals surface area (Å²) in [4.78, 5) is 27.1. The Balaban J connectivity index is 1.60. The lowest BCUT2D eigenvalue weighted by atomic mass is 10.1. The summed E-state index contributed by atoms with van der Waals surface area (Å²) in [7, 11) is 0. The number of benzene rings is 2. The van der Waals surface area contributed by atoms with E-state index in [9.17, 15) is 9.59 Å². The normalized spacial score (nSPS) is 14.8. The van der Waals surface area contributed by atoms with E-state index in [4.69, 9.17) is 4.74 Å². The third kappa shape index (κ3) is 3.44. The monoisotopic (exact) mass is 312 g/mol. The van der Waals surface area contributed by atoms with Gasteiger partial charge in [-0.15, -0.1) is 0 Å². The zero-order valence-electron chi connectivity index (χ0n) is 13.2. The van der Waals surface area contributed by atoms with Gasteiger partial charge >= 0.3 is 0 Å². The molecule has 1 heterocycles. The number of carbonyl (C=O) groups is 2. The van der Waals surface area contributed by atoms with E-state index in [0.29, 0.717) is 26.2 Å². The van der Waals surface area contributed by atoms with Crippen LogP contribution in [0.2, 0.25) is 0 Å². The minimum absolute atomic E-state index is 0.0219. The molecule has 23 heavy (non-hydrogen) atoms. The summed E-state index contributed by atoms with van der Waals surface area (Å²) in [6, 6.07) is 13.8. The zero-order valence-corrected chi connectivity index (χ0v) is 13.2. The first kappa shape index (κ1) is 15.3. The van der Waals surface area contributed by atoms with E-state index in [1.807, 2.05) is 42.5 Å². The lowest BCUT2D eigenvalue weighted by Crippen LogP contribution is -2.51. The largest absolute Gasteiger partial charge is 0.483 e. The number of fused-ring (bicyclic) bond motifs is 1. The van der Waals surface area contributed by atoms with Crippen molar-refractivity contribution in [3.8, 4) is 5.75 Å². The summed E-state index contributed by atoms with van der Waals surface area (Å²) >= 11 is 0. The SMILES string of the molecule is CC(=O)N1CCN(C(=O)COc2cccc3ccccc23)CC1. The number of carbonyl (C=O) groups excluding carboxylic acids is 2. The number of amides is 2. The first-order valence-electron chi connectivity index (χ1n) is 7.79. The second kappa shape index (κ2) is 6.69. The fourth-order valence-corrected chi connectivity index (χ4v) is 2.82. The maximum Gasteiger partial charge on any atom is 0.260 e. The molecule has 0 radical (unpaired) electrons. The fourth-order valence-electron chi connectivity index (χ4n) is 2.82. The summed E-state index contributed by atoms with van der Waals surface area (Å²) < 4.78 is 5.74. The van der Waals surface area contributed by atoms with Crippen molar-refractivity contribution < 1.29 is 14.3 Å². The van der Waals surface area contributed by atoms with E-state index < -0.39 is 0 Å². The van der Waals surface area contributed by atoms with Gasteiger partial charge in [0, 0.05) is 38.5 Å². The van der Waals surface area contributed by atoms with Crippen molar-refractivity contribution in [2.24, 2.45) is 0 Å². The van der Waals surface area contributed by atoms with Crippen LogP contribution in [0.25, 0.3) is 10.8 Å². The molecule has 0 aliphatic carbocycles. The van der Waals surface area contributed by atoms with E-state index in [-0.39, 0.29) is 18.4 Å². The maximum absolute atomic E-state index is 12.3. The predicted octanol–water partition coefficient (Wildman–Crippen LogP) is 1.91. The van der Waals surface area contributed by atoms with Crippen LogP contribution in [0.3, 0.4) is 0 Å². The standard InChI is InChI=1S/C18H20N2O3/c1-14(21)19-9-11-20(12-10-19)18(22)13-23-17-8-4-6-15-5-2-3-7-16(15)17/h2-8H,9-13H2,1H3. The van der Waals surface area contributed by atoms with Crippen molar-refractivity contribution in [1.82, 2.24) is 9.80 Å². The van der Waals surface area contributed by atoms with Crippen molar-refractivity contribution in [2.75, 3.05) is 32.8 Å². The lowest BCUT2D eigenvalue weighted by Gasteiger charge is -2.34. The van der Waals surface area contributed by atoms with Crippen molar-refractivity contribution >= 4 is 22.6 Å². The Kier molecular flexibility index (Phi) is 4.46. The van der Waals surface area contributed by atoms with Crippen molar-refractivity contribution in [3.05, 3.63) is 42.5 Å². The van der Waals surface area contributed by atoms with Crippen LogP contribution >= 0.6 is 0 Å². The zero-order chi connectivity index (χ0) is 16.2. The van der Waals surface area contributed by atoms with Gasteiger partial charge in [-0.25, -0.2) is 0 Å². The van der Waals surface area contributed by atoms with E-state index >= 15 is 0 Å². The number of nitrogens with zero attached hydrogens (tertiary/aromatic N) is 2. The molecule has 2 aromatic carbocycles. The maximum atomic E-state index is 12.3. The Bertz CT molecular complexity index is 716. The molecule has 120 valence electrons. The van der Waals surface area contributed by atoms with Gasteiger partial charge in [0.15, 0.2) is 6.61 Å². The highest BCUT2D eigenvalue weighted by atomic mass is 16.5. The summed E-state index contributed by atoms with van der Waals surface area (Å²) in [5.41, 5.74) is 0. The summed E-state index contributed by atoms with van der Waals surface area (Å²) in [5.74, 6) is 0.740. The molecule has 0 N–H and O–H groups in total. The van der Waals surface area contributed by atoms with Crippen LogP contribution in [0.1, 0.15) is 6.92 Å². The summed E-state index contributed by atoms with van der Waals surface area (Å²) in [5, 5.41) is 2.09. The molecule has 2 amide bonds. The number of piperazine rings is 1. The van der Waals surface area contributed by atoms with Gasteiger partial charge in [0.05, 0.1) is 0 Å². The van der Waals surface area contributed by atoms with Crippen LogP contribution in [-0.4, -0.2) is 54.4 Å². The number of ether oxygens (including phenoxy) is 1. The molecule has 1 fully saturated rings. The molecule has 0 spiro atoms. The molecule has 1 saturated heterocycles. The van der Waals surface area contributed by atoms with Crippen molar-refractivity contribution in [2.45, 2.75) is 6.92 Å². The topological polar surface area (TPSA) is 49.9 Å². The van der Waals surface area contributed by atoms with Crippen LogP contribution in [0.4, 0.5) is 0 Å². The highest BCUT2D eigenvalue weighted by Crippen LogP contribution is 2.25. The molecule has 5 heteroatoms. The fraction of sp³-hybridized carbons (Fsp3) is 0.333. The van der Waals surface area contributed by atoms with Crippen LogP contribution in [-0.2, 0) is 9.59 Å². The van der Waals surface area contributed by atoms with Gasteiger partial charge in [-0.3, -0.25) is 9.59 Å². The van der Waals surface area contributed by atoms with E-state index in [1.54, 1.807) is 16.7 Å². The van der Waals surface area contributed by atoms with E-state index in [1.165, 1.54) is 0 Å². The summed E-state index contributed by atoms with van der Waals surface area (Å²) in [6.45, 7) is 3.90. The second-order valence-corrected chi connectivity index (χ2v) is 5.65. The predicted molar refractivity (Wildman–Crippen MR) is 88.3 cm³/mol. The second-order valence-electron chi connectivity index (χ2n) is 5.65. The quantitative estimate of drug-likeness (QED) is 0.870. The van der Waals surface area contributed by atoms with Gasteiger partial charge in [0.2, 0.25) is 5.91 Å². The van der Waals surface area contributed by atoms with Crippen LogP contribution in [0, 0.1) is 0 Å². The van der Waals surface area contributed by atoms with Crippen LogP contribution in [0.5, 0.6) is 5.75 Å². The molecule has 1 aliphatic heterocycles. The average Bonchev–Trinajstić information content (AvgIpc) is 2.59. The molecular weight excluding hydrogens is 292 g/mol. The molecule has 5 nitrogen and oxygen atoms in total. The number of hydrogen-bond acceptors (Lipinski definition) is 3. The molecule has 0 unspecified atom stereocenters. The van der Waals surface area contributed by atoms with Crippen LogP contribution < -0.4 is 4.74 Å². The van der Waals surface area contributed by atoms with Gasteiger partial charge < -0.3 is 14.5 Å². The molecule has 0 saturated carbocycles. The molecule has 0 atom stereocenters. The number of rotatable bonds is 3. The third-order valence-electron chi connectivity index (χ3n) is 4.18. The molecule has 0 bridgehead atoms. The van der Waals surface area contributed by atoms with Gasteiger partial charge in [-0.1, -0.05) is 36.4 Å². The first-order chi connectivity index (χ1) is 11.1. The van der Waals surface area contributed by atoms with Crippen molar-refractivity contribution in [1.29, 1.82) is 0 Å². The summed E-state index contributed by atoms with van der Waals surface area (Å²) in [6.07, 6.45) is 0. The van der Waals surface area contributed by atoms with Gasteiger partial charge in [0.1, 0.15) is 5.75 Å². The third-order valence-corrected chi connectivity index (χ3v) is 4.18. The Morgan fingerprint density at radius 2 is 1.61 bits per heavy atom. The minimum Gasteiger partial charge on any atom is -0.483 e. The average molecular weight is 312 g/mol. The highest BCUT2D eigenvalue weighted by Gasteiger charge is 2.22. The molecule has 0 aromatic heterocycles. The van der Waals surface area contributed by atoms with Gasteiger partial charge in [0.25, 0.3) is 5.91 Å². The highest BCUT2D eigenvalue weighted by molar-refractivity contribution is 5.88. The Morgan fingerprint density at radius 1 is 0.957 bits per heavy atom. The smallest absolute Gasteiger partial charge is 0.260 e. The lowest BCUT2D eigenvalue weighted by molar-refractivity contribution is -0.139. The van der Waals surface area contributed by atoms with Crippen LogP contribution in [0.15, 0.2) is 42.5 Å². The van der Waals surface area contributed by atoms with E-state index in [0.717, 1.165) is 16.5 Å². The molecule has 2 aromatic rings.